The standard InChI is InChI=1S/C23H25FN2O4/c1-25(2)12-5-13-26-20(16-6-4-7-18(14-16)30-3)19(22(28)23(26)29)21(27)15-8-10-17(24)11-9-15/h4,6-11,14,20,27H,5,12-13H2,1-3H3/b21-19+/t20-/m0/s1. The number of nitrogens with zero attached hydrogens (tertiary/aromatic N) is 2. The SMILES string of the molecule is COc1cccc([C@H]2/C(=C(\O)c3ccc(F)cc3)C(=O)C(=O)N2CCCN(C)C)c1. The number of methoxy groups -OCH3 is 1. The van der Waals surface area contributed by atoms with Crippen molar-refractivity contribution in [3.8, 4) is 5.75 Å². The van der Waals surface area contributed by atoms with E-state index >= 15 is 0 Å². The van der Waals surface area contributed by atoms with Crippen molar-refractivity contribution in [2.45, 2.75) is 12.5 Å². The van der Waals surface area contributed by atoms with Crippen molar-refractivity contribution in [1.29, 1.82) is 0 Å². The molecule has 1 saturated heterocycles. The van der Waals surface area contributed by atoms with E-state index in [1.807, 2.05) is 19.0 Å². The number of likely N-dealkylation sites (tertiary alicyclic amines) is 1. The molecule has 0 aliphatic carbocycles. The number of amides is 1. The van der Waals surface area contributed by atoms with Crippen LogP contribution in [0.15, 0.2) is 54.1 Å². The number of hydrogen-bond acceptors (Lipinski definition) is 5. The quantitative estimate of drug-likeness (QED) is 0.430. The van der Waals surface area contributed by atoms with Crippen molar-refractivity contribution in [3.63, 3.8) is 0 Å². The molecule has 0 saturated carbocycles. The van der Waals surface area contributed by atoms with Crippen molar-refractivity contribution in [2.75, 3.05) is 34.3 Å². The molecule has 30 heavy (non-hydrogen) atoms. The maximum absolute atomic E-state index is 13.3. The van der Waals surface area contributed by atoms with Gasteiger partial charge >= 0.3 is 0 Å². The number of Topliss-reactive ketones (excluding diaryl/α,β-unsaturated/α-hetero) is 1. The Morgan fingerprint density at radius 3 is 2.50 bits per heavy atom. The summed E-state index contributed by atoms with van der Waals surface area (Å²) in [5.74, 6) is -1.62. The van der Waals surface area contributed by atoms with Gasteiger partial charge in [-0.2, -0.15) is 0 Å². The zero-order valence-corrected chi connectivity index (χ0v) is 17.3. The van der Waals surface area contributed by atoms with Crippen LogP contribution in [0, 0.1) is 5.82 Å². The maximum Gasteiger partial charge on any atom is 0.295 e. The number of hydrogen-bond donors (Lipinski definition) is 1. The van der Waals surface area contributed by atoms with Gasteiger partial charge in [0.15, 0.2) is 0 Å². The highest BCUT2D eigenvalue weighted by Gasteiger charge is 2.45. The summed E-state index contributed by atoms with van der Waals surface area (Å²) in [5.41, 5.74) is 0.919. The Hall–Kier alpha value is -3.19. The zero-order chi connectivity index (χ0) is 21.8. The molecule has 0 bridgehead atoms. The van der Waals surface area contributed by atoms with Crippen molar-refractivity contribution in [1.82, 2.24) is 9.80 Å². The first-order valence-corrected chi connectivity index (χ1v) is 9.66. The Morgan fingerprint density at radius 2 is 1.87 bits per heavy atom. The third-order valence-electron chi connectivity index (χ3n) is 5.07. The maximum atomic E-state index is 13.3. The van der Waals surface area contributed by atoms with Crippen molar-refractivity contribution in [3.05, 3.63) is 71.0 Å². The number of ether oxygens (including phenoxy) is 1. The first kappa shape index (κ1) is 21.5. The van der Waals surface area contributed by atoms with E-state index in [1.165, 1.54) is 36.3 Å². The molecule has 1 heterocycles. The molecular weight excluding hydrogens is 387 g/mol. The average molecular weight is 412 g/mol. The van der Waals surface area contributed by atoms with Crippen LogP contribution < -0.4 is 4.74 Å². The molecule has 0 radical (unpaired) electrons. The predicted molar refractivity (Wildman–Crippen MR) is 112 cm³/mol. The fraction of sp³-hybridized carbons (Fsp3) is 0.304. The Kier molecular flexibility index (Phi) is 6.52. The van der Waals surface area contributed by atoms with Gasteiger partial charge in [0.05, 0.1) is 18.7 Å². The minimum atomic E-state index is -0.757. The molecule has 2 aromatic carbocycles. The minimum absolute atomic E-state index is 0.00952. The number of ketones is 1. The van der Waals surface area contributed by atoms with Gasteiger partial charge in [-0.15, -0.1) is 0 Å². The van der Waals surface area contributed by atoms with E-state index < -0.39 is 23.5 Å². The second-order valence-electron chi connectivity index (χ2n) is 7.43. The lowest BCUT2D eigenvalue weighted by atomic mass is 9.95. The Balaban J connectivity index is 2.10. The fourth-order valence-electron chi connectivity index (χ4n) is 3.59. The van der Waals surface area contributed by atoms with E-state index in [-0.39, 0.29) is 16.9 Å². The summed E-state index contributed by atoms with van der Waals surface area (Å²) < 4.78 is 18.6. The molecule has 0 aromatic heterocycles. The van der Waals surface area contributed by atoms with E-state index in [2.05, 4.69) is 0 Å². The lowest BCUT2D eigenvalue weighted by Gasteiger charge is -2.26. The lowest BCUT2D eigenvalue weighted by molar-refractivity contribution is -0.139. The van der Waals surface area contributed by atoms with Crippen molar-refractivity contribution in [2.24, 2.45) is 0 Å². The number of aliphatic hydroxyl groups excluding tert-OH is 1. The van der Waals surface area contributed by atoms with Gasteiger partial charge in [-0.3, -0.25) is 9.59 Å². The molecule has 1 amide bonds. The van der Waals surface area contributed by atoms with Gasteiger partial charge in [0, 0.05) is 12.1 Å². The van der Waals surface area contributed by atoms with E-state index in [0.717, 1.165) is 6.54 Å². The fourth-order valence-corrected chi connectivity index (χ4v) is 3.59. The monoisotopic (exact) mass is 412 g/mol. The van der Waals surface area contributed by atoms with Crippen LogP contribution in [0.1, 0.15) is 23.6 Å². The first-order chi connectivity index (χ1) is 14.3. The molecule has 1 fully saturated rings. The van der Waals surface area contributed by atoms with Crippen LogP contribution in [0.4, 0.5) is 4.39 Å². The highest BCUT2D eigenvalue weighted by atomic mass is 19.1. The second-order valence-corrected chi connectivity index (χ2v) is 7.43. The molecule has 0 unspecified atom stereocenters. The van der Waals surface area contributed by atoms with E-state index in [1.54, 1.807) is 24.3 Å². The summed E-state index contributed by atoms with van der Waals surface area (Å²) in [5, 5.41) is 10.9. The van der Waals surface area contributed by atoms with Crippen molar-refractivity contribution >= 4 is 17.4 Å². The molecule has 1 atom stereocenters. The molecule has 0 spiro atoms. The van der Waals surface area contributed by atoms with Crippen LogP contribution in [-0.2, 0) is 9.59 Å². The third-order valence-corrected chi connectivity index (χ3v) is 5.07. The zero-order valence-electron chi connectivity index (χ0n) is 17.3. The van der Waals surface area contributed by atoms with Gasteiger partial charge in [0.25, 0.3) is 11.7 Å². The van der Waals surface area contributed by atoms with E-state index in [9.17, 15) is 19.1 Å². The highest BCUT2D eigenvalue weighted by molar-refractivity contribution is 6.46. The number of aliphatic hydroxyl groups is 1. The molecule has 3 rings (SSSR count). The molecule has 2 aromatic rings. The molecule has 1 aliphatic heterocycles. The van der Waals surface area contributed by atoms with Gasteiger partial charge in [0.2, 0.25) is 0 Å². The molecule has 7 heteroatoms. The smallest absolute Gasteiger partial charge is 0.295 e. The van der Waals surface area contributed by atoms with E-state index in [0.29, 0.717) is 24.3 Å². The summed E-state index contributed by atoms with van der Waals surface area (Å²) in [4.78, 5) is 29.2. The summed E-state index contributed by atoms with van der Waals surface area (Å²) >= 11 is 0. The summed E-state index contributed by atoms with van der Waals surface area (Å²) in [6, 6.07) is 11.5. The van der Waals surface area contributed by atoms with Crippen LogP contribution in [0.2, 0.25) is 0 Å². The Labute approximate surface area is 175 Å². The van der Waals surface area contributed by atoms with Gasteiger partial charge < -0.3 is 19.6 Å². The van der Waals surface area contributed by atoms with Crippen LogP contribution >= 0.6 is 0 Å². The van der Waals surface area contributed by atoms with Gasteiger partial charge in [0.1, 0.15) is 17.3 Å². The number of halogens is 1. The van der Waals surface area contributed by atoms with Gasteiger partial charge in [-0.25, -0.2) is 4.39 Å². The Morgan fingerprint density at radius 1 is 1.17 bits per heavy atom. The van der Waals surface area contributed by atoms with Gasteiger partial charge in [-0.1, -0.05) is 12.1 Å². The van der Waals surface area contributed by atoms with Crippen LogP contribution in [-0.4, -0.2) is 60.9 Å². The number of carbonyl (C=O) groups is 2. The highest BCUT2D eigenvalue weighted by Crippen LogP contribution is 2.40. The largest absolute Gasteiger partial charge is 0.507 e. The first-order valence-electron chi connectivity index (χ1n) is 9.66. The summed E-state index contributed by atoms with van der Waals surface area (Å²) in [6.07, 6.45) is 0.664. The Bertz CT molecular complexity index is 969. The average Bonchev–Trinajstić information content (AvgIpc) is 2.98. The third kappa shape index (κ3) is 4.36. The normalized spacial score (nSPS) is 18.3. The number of benzene rings is 2. The molecule has 6 nitrogen and oxygen atoms in total. The second kappa shape index (κ2) is 9.09. The van der Waals surface area contributed by atoms with Gasteiger partial charge in [-0.05, 0) is 69.0 Å². The summed E-state index contributed by atoms with van der Waals surface area (Å²) in [7, 11) is 5.40. The lowest BCUT2D eigenvalue weighted by Crippen LogP contribution is -2.32. The molecule has 158 valence electrons. The van der Waals surface area contributed by atoms with Crippen LogP contribution in [0.25, 0.3) is 5.76 Å². The van der Waals surface area contributed by atoms with Crippen LogP contribution in [0.5, 0.6) is 5.75 Å². The number of carbonyl (C=O) groups excluding carboxylic acids is 2. The number of rotatable bonds is 7. The molecular formula is C23H25FN2O4. The van der Waals surface area contributed by atoms with Crippen LogP contribution in [0.3, 0.4) is 0 Å². The molecule has 1 N–H and O–H groups in total. The van der Waals surface area contributed by atoms with E-state index in [4.69, 9.17) is 4.74 Å². The minimum Gasteiger partial charge on any atom is -0.507 e. The predicted octanol–water partition coefficient (Wildman–Crippen LogP) is 3.21. The topological polar surface area (TPSA) is 70.1 Å². The summed E-state index contributed by atoms with van der Waals surface area (Å²) in [6.45, 7) is 1.09. The molecule has 1 aliphatic rings. The van der Waals surface area contributed by atoms with Crippen molar-refractivity contribution < 1.29 is 23.8 Å².